The Labute approximate surface area is 124 Å². The van der Waals surface area contributed by atoms with Crippen molar-refractivity contribution in [2.75, 3.05) is 11.9 Å². The van der Waals surface area contributed by atoms with Gasteiger partial charge < -0.3 is 10.1 Å². The number of rotatable bonds is 5. The van der Waals surface area contributed by atoms with E-state index in [0.717, 1.165) is 18.2 Å². The Morgan fingerprint density at radius 3 is 2.90 bits per heavy atom. The van der Waals surface area contributed by atoms with Gasteiger partial charge in [0.25, 0.3) is 0 Å². The Hall–Kier alpha value is -2.02. The summed E-state index contributed by atoms with van der Waals surface area (Å²) in [6.45, 7) is 3.81. The van der Waals surface area contributed by atoms with E-state index in [1.807, 2.05) is 0 Å². The highest BCUT2D eigenvalue weighted by molar-refractivity contribution is 7.15. The maximum absolute atomic E-state index is 13.5. The van der Waals surface area contributed by atoms with E-state index in [-0.39, 0.29) is 24.4 Å². The number of anilines is 1. The third-order valence-electron chi connectivity index (χ3n) is 2.70. The molecule has 0 bridgehead atoms. The molecule has 1 heterocycles. The molecule has 1 aromatic heterocycles. The third-order valence-corrected chi connectivity index (χ3v) is 3.63. The lowest BCUT2D eigenvalue weighted by atomic mass is 10.2. The Morgan fingerprint density at radius 1 is 1.43 bits per heavy atom. The van der Waals surface area contributed by atoms with E-state index >= 15 is 0 Å². The minimum Gasteiger partial charge on any atom is -0.461 e. The largest absolute Gasteiger partial charge is 0.461 e. The Kier molecular flexibility index (Phi) is 4.85. The molecule has 2 rings (SSSR count). The molecule has 1 N–H and O–H groups in total. The molecule has 4 nitrogen and oxygen atoms in total. The van der Waals surface area contributed by atoms with Gasteiger partial charge in [0.2, 0.25) is 0 Å². The van der Waals surface area contributed by atoms with Crippen molar-refractivity contribution in [2.24, 2.45) is 0 Å². The number of esters is 1. The summed E-state index contributed by atoms with van der Waals surface area (Å²) < 4.78 is 31.4. The van der Waals surface area contributed by atoms with Crippen molar-refractivity contribution in [2.45, 2.75) is 20.4 Å². The average Bonchev–Trinajstić information content (AvgIpc) is 2.81. The zero-order valence-corrected chi connectivity index (χ0v) is 12.4. The maximum Gasteiger partial charge on any atom is 0.358 e. The number of ether oxygens (including phenoxy) is 1. The van der Waals surface area contributed by atoms with Gasteiger partial charge in [-0.25, -0.2) is 18.6 Å². The number of thiazole rings is 1. The number of benzene rings is 1. The van der Waals surface area contributed by atoms with Crippen molar-refractivity contribution in [1.29, 1.82) is 0 Å². The third kappa shape index (κ3) is 3.75. The second kappa shape index (κ2) is 6.62. The normalized spacial score (nSPS) is 10.5. The van der Waals surface area contributed by atoms with Gasteiger partial charge in [-0.3, -0.25) is 0 Å². The fourth-order valence-electron chi connectivity index (χ4n) is 1.71. The lowest BCUT2D eigenvalue weighted by molar-refractivity contribution is 0.0519. The summed E-state index contributed by atoms with van der Waals surface area (Å²) in [5.74, 6) is -1.49. The van der Waals surface area contributed by atoms with Crippen LogP contribution < -0.4 is 5.32 Å². The number of aryl methyl sites for hydroxylation is 1. The van der Waals surface area contributed by atoms with Crippen LogP contribution in [-0.4, -0.2) is 17.6 Å². The van der Waals surface area contributed by atoms with Gasteiger partial charge in [-0.1, -0.05) is 0 Å². The number of halogens is 2. The van der Waals surface area contributed by atoms with Crippen LogP contribution in [0.1, 0.15) is 27.9 Å². The highest BCUT2D eigenvalue weighted by Gasteiger charge is 2.16. The lowest BCUT2D eigenvalue weighted by Crippen LogP contribution is -2.07. The predicted octanol–water partition coefficient (Wildman–Crippen LogP) is 3.52. The fraction of sp³-hybridized carbons (Fsp3) is 0.286. The van der Waals surface area contributed by atoms with Crippen LogP contribution in [0.2, 0.25) is 0 Å². The topological polar surface area (TPSA) is 51.2 Å². The standard InChI is InChI=1S/C14H14F2N2O2S/c1-3-20-13(19)12-8(2)21-14(18-12)17-7-9-6-10(15)4-5-11(9)16/h4-6H,3,7H2,1-2H3,(H,17,18). The van der Waals surface area contributed by atoms with Gasteiger partial charge in [0.15, 0.2) is 10.8 Å². The van der Waals surface area contributed by atoms with Crippen LogP contribution in [0.3, 0.4) is 0 Å². The van der Waals surface area contributed by atoms with Crippen LogP contribution in [0, 0.1) is 18.6 Å². The van der Waals surface area contributed by atoms with E-state index in [9.17, 15) is 13.6 Å². The summed E-state index contributed by atoms with van der Waals surface area (Å²) in [7, 11) is 0. The molecule has 0 atom stereocenters. The second-order valence-corrected chi connectivity index (χ2v) is 5.44. The molecule has 0 unspecified atom stereocenters. The Morgan fingerprint density at radius 2 is 2.19 bits per heavy atom. The lowest BCUT2D eigenvalue weighted by Gasteiger charge is -2.04. The van der Waals surface area contributed by atoms with E-state index < -0.39 is 17.6 Å². The van der Waals surface area contributed by atoms with Crippen LogP contribution >= 0.6 is 11.3 Å². The van der Waals surface area contributed by atoms with Gasteiger partial charge in [-0.05, 0) is 32.0 Å². The first-order valence-electron chi connectivity index (χ1n) is 6.33. The predicted molar refractivity (Wildman–Crippen MR) is 76.5 cm³/mol. The second-order valence-electron chi connectivity index (χ2n) is 4.23. The summed E-state index contributed by atoms with van der Waals surface area (Å²) in [6, 6.07) is 3.25. The van der Waals surface area contributed by atoms with Gasteiger partial charge in [0.1, 0.15) is 11.6 Å². The summed E-state index contributed by atoms with van der Waals surface area (Å²) in [5, 5.41) is 3.34. The molecule has 0 saturated heterocycles. The SMILES string of the molecule is CCOC(=O)c1nc(NCc2cc(F)ccc2F)sc1C. The molecule has 112 valence electrons. The van der Waals surface area contributed by atoms with Crippen molar-refractivity contribution < 1.29 is 18.3 Å². The zero-order chi connectivity index (χ0) is 15.4. The van der Waals surface area contributed by atoms with Crippen LogP contribution in [0.25, 0.3) is 0 Å². The number of carbonyl (C=O) groups excluding carboxylic acids is 1. The quantitative estimate of drug-likeness (QED) is 0.858. The number of hydrogen-bond acceptors (Lipinski definition) is 5. The molecule has 0 amide bonds. The molecule has 1 aromatic carbocycles. The van der Waals surface area contributed by atoms with E-state index in [4.69, 9.17) is 4.74 Å². The number of hydrogen-bond donors (Lipinski definition) is 1. The van der Waals surface area contributed by atoms with Gasteiger partial charge in [-0.15, -0.1) is 11.3 Å². The first kappa shape index (κ1) is 15.4. The summed E-state index contributed by atoms with van der Waals surface area (Å²) in [5.41, 5.74) is 0.435. The van der Waals surface area contributed by atoms with Crippen molar-refractivity contribution >= 4 is 22.4 Å². The van der Waals surface area contributed by atoms with Gasteiger partial charge in [0.05, 0.1) is 6.61 Å². The highest BCUT2D eigenvalue weighted by Crippen LogP contribution is 2.23. The molecule has 0 saturated carbocycles. The fourth-order valence-corrected chi connectivity index (χ4v) is 2.51. The average molecular weight is 312 g/mol. The molecule has 0 aliphatic rings. The Balaban J connectivity index is 2.09. The number of nitrogens with one attached hydrogen (secondary N) is 1. The molecule has 0 spiro atoms. The molecular formula is C14H14F2N2O2S. The minimum absolute atomic E-state index is 0.0822. The van der Waals surface area contributed by atoms with Crippen LogP contribution in [0.5, 0.6) is 0 Å². The van der Waals surface area contributed by atoms with E-state index in [1.165, 1.54) is 11.3 Å². The highest BCUT2D eigenvalue weighted by atomic mass is 32.1. The van der Waals surface area contributed by atoms with Crippen molar-refractivity contribution in [3.63, 3.8) is 0 Å². The molecule has 7 heteroatoms. The number of nitrogens with zero attached hydrogens (tertiary/aromatic N) is 1. The van der Waals surface area contributed by atoms with Crippen LogP contribution in [0.4, 0.5) is 13.9 Å². The molecule has 0 radical (unpaired) electrons. The zero-order valence-electron chi connectivity index (χ0n) is 11.6. The maximum atomic E-state index is 13.5. The van der Waals surface area contributed by atoms with Crippen molar-refractivity contribution in [1.82, 2.24) is 4.98 Å². The molecule has 0 aliphatic heterocycles. The van der Waals surface area contributed by atoms with Gasteiger partial charge in [-0.2, -0.15) is 0 Å². The van der Waals surface area contributed by atoms with Crippen molar-refractivity contribution in [3.8, 4) is 0 Å². The molecule has 0 fully saturated rings. The minimum atomic E-state index is -0.504. The van der Waals surface area contributed by atoms with Crippen molar-refractivity contribution in [3.05, 3.63) is 46.0 Å². The summed E-state index contributed by atoms with van der Waals surface area (Å²) >= 11 is 1.26. The molecule has 0 aliphatic carbocycles. The summed E-state index contributed by atoms with van der Waals surface area (Å²) in [4.78, 5) is 16.5. The van der Waals surface area contributed by atoms with E-state index in [2.05, 4.69) is 10.3 Å². The number of carbonyl (C=O) groups is 1. The van der Waals surface area contributed by atoms with Gasteiger partial charge >= 0.3 is 5.97 Å². The number of aromatic nitrogens is 1. The molecule has 21 heavy (non-hydrogen) atoms. The molecule has 2 aromatic rings. The van der Waals surface area contributed by atoms with Gasteiger partial charge in [0, 0.05) is 17.0 Å². The molecular weight excluding hydrogens is 298 g/mol. The van der Waals surface area contributed by atoms with Crippen LogP contribution in [-0.2, 0) is 11.3 Å². The smallest absolute Gasteiger partial charge is 0.358 e. The van der Waals surface area contributed by atoms with Crippen LogP contribution in [0.15, 0.2) is 18.2 Å². The summed E-state index contributed by atoms with van der Waals surface area (Å²) in [6.07, 6.45) is 0. The van der Waals surface area contributed by atoms with E-state index in [1.54, 1.807) is 13.8 Å². The Bertz CT molecular complexity index is 658. The first-order chi connectivity index (χ1) is 10.0. The van der Waals surface area contributed by atoms with E-state index in [0.29, 0.717) is 10.0 Å². The monoisotopic (exact) mass is 312 g/mol. The first-order valence-corrected chi connectivity index (χ1v) is 7.15.